The number of phenolic OH excluding ortho intramolecular Hbond substituents is 2. The third-order valence-corrected chi connectivity index (χ3v) is 8.36. The van der Waals surface area contributed by atoms with Crippen molar-refractivity contribution in [3.63, 3.8) is 0 Å². The van der Waals surface area contributed by atoms with Crippen LogP contribution in [0.15, 0.2) is 36.4 Å². The molecule has 3 aromatic carbocycles. The van der Waals surface area contributed by atoms with Crippen LogP contribution in [-0.2, 0) is 36.5 Å². The summed E-state index contributed by atoms with van der Waals surface area (Å²) in [5.41, 5.74) is 11.4. The number of rotatable bonds is 2. The van der Waals surface area contributed by atoms with E-state index in [0.29, 0.717) is 11.5 Å². The van der Waals surface area contributed by atoms with Crippen molar-refractivity contribution in [2.75, 3.05) is 0 Å². The van der Waals surface area contributed by atoms with Crippen LogP contribution in [0, 0.1) is 0 Å². The molecule has 0 spiro atoms. The lowest BCUT2D eigenvalue weighted by atomic mass is 9.76. The van der Waals surface area contributed by atoms with E-state index in [0.717, 1.165) is 60.8 Å². The molecule has 0 fully saturated rings. The Hall–Kier alpha value is -2.74. The molecule has 0 radical (unpaired) electrons. The van der Waals surface area contributed by atoms with Gasteiger partial charge in [-0.2, -0.15) is 0 Å². The maximum atomic E-state index is 12.1. The fourth-order valence-corrected chi connectivity index (χ4v) is 6.13. The standard InChI is InChI=1S/C34H42O2/c1-33(2,3)24-17-23(18-25(20-24)34(4,5)6)28-19-22-12-8-10-14-27(22)31(32(28)36)30-26-13-9-7-11-21(26)15-16-29(30)35/h15-20,35-36H,7-14H2,1-6H3. The van der Waals surface area contributed by atoms with Gasteiger partial charge in [0.2, 0.25) is 0 Å². The van der Waals surface area contributed by atoms with Crippen molar-refractivity contribution in [1.82, 2.24) is 0 Å². The molecule has 36 heavy (non-hydrogen) atoms. The Morgan fingerprint density at radius 2 is 1.11 bits per heavy atom. The maximum Gasteiger partial charge on any atom is 0.131 e. The lowest BCUT2D eigenvalue weighted by Gasteiger charge is -2.29. The number of fused-ring (bicyclic) bond motifs is 2. The molecular weight excluding hydrogens is 440 g/mol. The van der Waals surface area contributed by atoms with Crippen LogP contribution in [0.3, 0.4) is 0 Å². The van der Waals surface area contributed by atoms with E-state index in [1.165, 1.54) is 46.2 Å². The predicted molar refractivity (Wildman–Crippen MR) is 151 cm³/mol. The molecular formula is C34H42O2. The van der Waals surface area contributed by atoms with Gasteiger partial charge in [0.15, 0.2) is 0 Å². The molecule has 2 nitrogen and oxygen atoms in total. The number of aromatic hydroxyl groups is 2. The fourth-order valence-electron chi connectivity index (χ4n) is 6.13. The van der Waals surface area contributed by atoms with Crippen molar-refractivity contribution >= 4 is 0 Å². The molecule has 2 aliphatic carbocycles. The van der Waals surface area contributed by atoms with Gasteiger partial charge in [0.25, 0.3) is 0 Å². The molecule has 0 bridgehead atoms. The molecule has 2 aliphatic rings. The van der Waals surface area contributed by atoms with E-state index in [1.54, 1.807) is 0 Å². The van der Waals surface area contributed by atoms with Crippen LogP contribution >= 0.6 is 0 Å². The van der Waals surface area contributed by atoms with Gasteiger partial charge in [-0.1, -0.05) is 65.8 Å². The minimum absolute atomic E-state index is 0.000558. The third kappa shape index (κ3) is 4.44. The van der Waals surface area contributed by atoms with E-state index in [1.807, 2.05) is 6.07 Å². The average molecular weight is 483 g/mol. The average Bonchev–Trinajstić information content (AvgIpc) is 2.83. The molecule has 0 aromatic heterocycles. The zero-order chi connectivity index (χ0) is 25.8. The molecule has 5 rings (SSSR count). The molecule has 0 amide bonds. The summed E-state index contributed by atoms with van der Waals surface area (Å²) in [6.45, 7) is 13.5. The van der Waals surface area contributed by atoms with Crippen LogP contribution in [0.1, 0.15) is 101 Å². The second-order valence-corrected chi connectivity index (χ2v) is 13.1. The highest BCUT2D eigenvalue weighted by molar-refractivity contribution is 5.90. The zero-order valence-corrected chi connectivity index (χ0v) is 23.0. The van der Waals surface area contributed by atoms with Crippen molar-refractivity contribution < 1.29 is 10.2 Å². The van der Waals surface area contributed by atoms with Crippen LogP contribution in [0.25, 0.3) is 22.3 Å². The summed E-state index contributed by atoms with van der Waals surface area (Å²) in [6.07, 6.45) is 8.62. The smallest absolute Gasteiger partial charge is 0.131 e. The number of phenols is 2. The van der Waals surface area contributed by atoms with Gasteiger partial charge in [0.1, 0.15) is 11.5 Å². The van der Waals surface area contributed by atoms with Gasteiger partial charge < -0.3 is 10.2 Å². The molecule has 0 atom stereocenters. The van der Waals surface area contributed by atoms with E-state index < -0.39 is 0 Å². The molecule has 0 heterocycles. The largest absolute Gasteiger partial charge is 0.507 e. The van der Waals surface area contributed by atoms with E-state index in [2.05, 4.69) is 71.9 Å². The quantitative estimate of drug-likeness (QED) is 0.383. The Labute approximate surface area is 217 Å². The van der Waals surface area contributed by atoms with Crippen LogP contribution < -0.4 is 0 Å². The van der Waals surface area contributed by atoms with Crippen molar-refractivity contribution in [2.24, 2.45) is 0 Å². The van der Waals surface area contributed by atoms with Gasteiger partial charge in [-0.05, 0) is 113 Å². The first kappa shape index (κ1) is 24.9. The van der Waals surface area contributed by atoms with E-state index in [4.69, 9.17) is 0 Å². The van der Waals surface area contributed by atoms with Crippen LogP contribution in [-0.4, -0.2) is 10.2 Å². The Bertz CT molecular complexity index is 1280. The topological polar surface area (TPSA) is 40.5 Å². The first-order valence-electron chi connectivity index (χ1n) is 13.8. The summed E-state index contributed by atoms with van der Waals surface area (Å²) in [6, 6.07) is 13.0. The van der Waals surface area contributed by atoms with Gasteiger partial charge in [-0.25, -0.2) is 0 Å². The minimum Gasteiger partial charge on any atom is -0.507 e. The summed E-state index contributed by atoms with van der Waals surface area (Å²) >= 11 is 0. The molecule has 0 unspecified atom stereocenters. The zero-order valence-electron chi connectivity index (χ0n) is 23.0. The lowest BCUT2D eigenvalue weighted by molar-refractivity contribution is 0.467. The van der Waals surface area contributed by atoms with Gasteiger partial charge in [-0.15, -0.1) is 0 Å². The van der Waals surface area contributed by atoms with Crippen molar-refractivity contribution in [1.29, 1.82) is 0 Å². The van der Waals surface area contributed by atoms with Crippen molar-refractivity contribution in [3.05, 3.63) is 69.8 Å². The Kier molecular flexibility index (Phi) is 6.22. The lowest BCUT2D eigenvalue weighted by Crippen LogP contribution is -2.16. The number of aryl methyl sites for hydroxylation is 2. The Morgan fingerprint density at radius 3 is 1.69 bits per heavy atom. The van der Waals surface area contributed by atoms with Gasteiger partial charge >= 0.3 is 0 Å². The monoisotopic (exact) mass is 482 g/mol. The Morgan fingerprint density at radius 1 is 0.583 bits per heavy atom. The Balaban J connectivity index is 1.82. The third-order valence-electron chi connectivity index (χ3n) is 8.36. The van der Waals surface area contributed by atoms with Crippen molar-refractivity contribution in [2.45, 2.75) is 104 Å². The molecule has 0 saturated heterocycles. The van der Waals surface area contributed by atoms with E-state index in [9.17, 15) is 10.2 Å². The van der Waals surface area contributed by atoms with Gasteiger partial charge in [0, 0.05) is 16.7 Å². The van der Waals surface area contributed by atoms with Crippen LogP contribution in [0.5, 0.6) is 11.5 Å². The molecule has 0 saturated carbocycles. The number of hydrogen-bond acceptors (Lipinski definition) is 2. The fraction of sp³-hybridized carbons (Fsp3) is 0.471. The van der Waals surface area contributed by atoms with E-state index in [-0.39, 0.29) is 10.8 Å². The summed E-state index contributed by atoms with van der Waals surface area (Å²) in [5.74, 6) is 0.630. The highest BCUT2D eigenvalue weighted by Gasteiger charge is 2.28. The van der Waals surface area contributed by atoms with Crippen LogP contribution in [0.4, 0.5) is 0 Å². The highest BCUT2D eigenvalue weighted by atomic mass is 16.3. The molecule has 3 aromatic rings. The minimum atomic E-state index is -0.000558. The van der Waals surface area contributed by atoms with Crippen molar-refractivity contribution in [3.8, 4) is 33.8 Å². The first-order valence-corrected chi connectivity index (χ1v) is 13.8. The summed E-state index contributed by atoms with van der Waals surface area (Å²) in [7, 11) is 0. The SMILES string of the molecule is CC(C)(C)c1cc(-c2cc3c(c(-c4c(O)ccc5c4CCCC5)c2O)CCCC3)cc(C(C)(C)C)c1. The first-order chi connectivity index (χ1) is 16.9. The molecule has 2 heteroatoms. The summed E-state index contributed by atoms with van der Waals surface area (Å²) in [5, 5.41) is 23.3. The number of hydrogen-bond donors (Lipinski definition) is 2. The maximum absolute atomic E-state index is 12.1. The van der Waals surface area contributed by atoms with Gasteiger partial charge in [-0.3, -0.25) is 0 Å². The summed E-state index contributed by atoms with van der Waals surface area (Å²) in [4.78, 5) is 0. The second-order valence-electron chi connectivity index (χ2n) is 13.1. The second kappa shape index (κ2) is 8.98. The normalized spacial score (nSPS) is 15.9. The van der Waals surface area contributed by atoms with E-state index >= 15 is 0 Å². The molecule has 0 aliphatic heterocycles. The molecule has 2 N–H and O–H groups in total. The number of benzene rings is 3. The highest BCUT2D eigenvalue weighted by Crippen LogP contribution is 2.50. The van der Waals surface area contributed by atoms with Crippen LogP contribution in [0.2, 0.25) is 0 Å². The summed E-state index contributed by atoms with van der Waals surface area (Å²) < 4.78 is 0. The molecule has 190 valence electrons. The van der Waals surface area contributed by atoms with Gasteiger partial charge in [0.05, 0.1) is 0 Å². The predicted octanol–water partition coefficient (Wildman–Crippen LogP) is 8.78.